The monoisotopic (exact) mass is 364 g/mol. The Balaban J connectivity index is 1.94. The van der Waals surface area contributed by atoms with E-state index in [9.17, 15) is 13.2 Å². The lowest BCUT2D eigenvalue weighted by Gasteiger charge is -2.10. The number of nitrogens with one attached hydrogen (secondary N) is 1. The summed E-state index contributed by atoms with van der Waals surface area (Å²) in [5, 5.41) is 0.333. The summed E-state index contributed by atoms with van der Waals surface area (Å²) in [6.07, 6.45) is 2.62. The van der Waals surface area contributed by atoms with Gasteiger partial charge in [-0.15, -0.1) is 11.3 Å². The minimum absolute atomic E-state index is 0.177. The molecular weight excluding hydrogens is 344 g/mol. The largest absolute Gasteiger partial charge is 0.365 e. The van der Waals surface area contributed by atoms with Crippen molar-refractivity contribution in [1.29, 1.82) is 0 Å². The summed E-state index contributed by atoms with van der Waals surface area (Å²) in [6, 6.07) is 6.79. The first-order valence-corrected chi connectivity index (χ1v) is 10.2. The molecule has 128 valence electrons. The molecule has 0 atom stereocenters. The Morgan fingerprint density at radius 3 is 2.46 bits per heavy atom. The number of aryl methyl sites for hydroxylation is 1. The molecule has 0 bridgehead atoms. The first kappa shape index (κ1) is 17.0. The van der Waals surface area contributed by atoms with Crippen LogP contribution in [0.25, 0.3) is 0 Å². The number of hydrogen-bond acceptors (Lipinski definition) is 4. The lowest BCUT2D eigenvalue weighted by molar-refractivity contribution is 0.100. The average molecular weight is 364 g/mol. The topological polar surface area (TPSA) is 89.3 Å². The van der Waals surface area contributed by atoms with Crippen molar-refractivity contribution >= 4 is 32.3 Å². The van der Waals surface area contributed by atoms with Gasteiger partial charge in [-0.3, -0.25) is 9.52 Å². The predicted octanol–water partition coefficient (Wildman–Crippen LogP) is 3.26. The molecule has 7 heteroatoms. The van der Waals surface area contributed by atoms with Gasteiger partial charge in [0, 0.05) is 4.88 Å². The molecule has 5 nitrogen and oxygen atoms in total. The molecule has 0 radical (unpaired) electrons. The zero-order chi connectivity index (χ0) is 17.5. The maximum Gasteiger partial charge on any atom is 0.262 e. The van der Waals surface area contributed by atoms with Gasteiger partial charge in [0.15, 0.2) is 0 Å². The average Bonchev–Trinajstić information content (AvgIpc) is 3.06. The number of nitrogens with two attached hydrogens (primary N) is 1. The molecular formula is C17H20N2O3S2. The molecule has 0 saturated carbocycles. The molecule has 24 heavy (non-hydrogen) atoms. The normalized spacial score (nSPS) is 14.0. The van der Waals surface area contributed by atoms with E-state index in [0.29, 0.717) is 16.5 Å². The first-order chi connectivity index (χ1) is 11.3. The van der Waals surface area contributed by atoms with Gasteiger partial charge >= 0.3 is 0 Å². The molecule has 0 unspecified atom stereocenters. The Bertz CT molecular complexity index is 881. The lowest BCUT2D eigenvalue weighted by Crippen LogP contribution is -2.18. The van der Waals surface area contributed by atoms with Gasteiger partial charge in [0.25, 0.3) is 15.9 Å². The number of anilines is 1. The van der Waals surface area contributed by atoms with Crippen molar-refractivity contribution in [3.8, 4) is 0 Å². The number of fused-ring (bicyclic) bond motifs is 1. The van der Waals surface area contributed by atoms with Crippen LogP contribution in [0.3, 0.4) is 0 Å². The predicted molar refractivity (Wildman–Crippen MR) is 96.2 cm³/mol. The summed E-state index contributed by atoms with van der Waals surface area (Å²) >= 11 is 1.32. The van der Waals surface area contributed by atoms with Crippen LogP contribution in [0.5, 0.6) is 0 Å². The number of hydrogen-bond donors (Lipinski definition) is 2. The van der Waals surface area contributed by atoms with E-state index in [1.54, 1.807) is 12.1 Å². The van der Waals surface area contributed by atoms with Crippen LogP contribution < -0.4 is 10.5 Å². The molecule has 3 rings (SSSR count). The second-order valence-electron chi connectivity index (χ2n) is 6.25. The number of sulfonamides is 1. The van der Waals surface area contributed by atoms with Gasteiger partial charge < -0.3 is 5.73 Å². The fraction of sp³-hybridized carbons (Fsp3) is 0.353. The number of primary amides is 1. The fourth-order valence-corrected chi connectivity index (χ4v) is 5.55. The highest BCUT2D eigenvalue weighted by Crippen LogP contribution is 2.39. The molecule has 1 heterocycles. The van der Waals surface area contributed by atoms with Crippen molar-refractivity contribution in [2.24, 2.45) is 5.73 Å². The van der Waals surface area contributed by atoms with Crippen LogP contribution in [0.4, 0.5) is 5.00 Å². The van der Waals surface area contributed by atoms with Crippen LogP contribution in [0.1, 0.15) is 52.5 Å². The zero-order valence-corrected chi connectivity index (χ0v) is 15.3. The number of amides is 1. The summed E-state index contributed by atoms with van der Waals surface area (Å²) in [5.74, 6) is -0.251. The van der Waals surface area contributed by atoms with Crippen LogP contribution in [0.15, 0.2) is 29.2 Å². The van der Waals surface area contributed by atoms with Gasteiger partial charge in [-0.25, -0.2) is 8.42 Å². The van der Waals surface area contributed by atoms with Crippen LogP contribution in [0.2, 0.25) is 0 Å². The number of carbonyl (C=O) groups is 1. The second kappa shape index (κ2) is 6.22. The number of carbonyl (C=O) groups excluding carboxylic acids is 1. The van der Waals surface area contributed by atoms with Gasteiger partial charge in [-0.1, -0.05) is 26.0 Å². The molecule has 0 aliphatic heterocycles. The number of thiophene rings is 1. The summed E-state index contributed by atoms with van der Waals surface area (Å²) in [7, 11) is -3.75. The van der Waals surface area contributed by atoms with Crippen molar-refractivity contribution in [2.75, 3.05) is 4.72 Å². The maximum atomic E-state index is 12.6. The number of benzene rings is 1. The Kier molecular flexibility index (Phi) is 4.40. The molecule has 1 aliphatic rings. The first-order valence-electron chi connectivity index (χ1n) is 7.86. The standard InChI is InChI=1S/C17H20N2O3S2/c1-10(2)11-6-8-12(9-7-11)24(21,22)19-17-15(16(18)20)13-4-3-5-14(13)23-17/h6-10,19H,3-5H2,1-2H3,(H2,18,20). The minimum atomic E-state index is -3.75. The van der Waals surface area contributed by atoms with Crippen LogP contribution in [0, 0.1) is 0 Å². The van der Waals surface area contributed by atoms with Gasteiger partial charge in [0.1, 0.15) is 5.00 Å². The Hall–Kier alpha value is -1.86. The van der Waals surface area contributed by atoms with Crippen molar-refractivity contribution in [3.05, 3.63) is 45.8 Å². The lowest BCUT2D eigenvalue weighted by atomic mass is 10.0. The van der Waals surface area contributed by atoms with E-state index in [1.807, 2.05) is 26.0 Å². The van der Waals surface area contributed by atoms with Crippen LogP contribution in [-0.2, 0) is 22.9 Å². The van der Waals surface area contributed by atoms with Crippen molar-refractivity contribution in [3.63, 3.8) is 0 Å². The Morgan fingerprint density at radius 1 is 1.21 bits per heavy atom. The number of rotatable bonds is 5. The second-order valence-corrected chi connectivity index (χ2v) is 9.04. The quantitative estimate of drug-likeness (QED) is 0.853. The van der Waals surface area contributed by atoms with E-state index in [2.05, 4.69) is 4.72 Å². The van der Waals surface area contributed by atoms with E-state index < -0.39 is 15.9 Å². The third-order valence-corrected chi connectivity index (χ3v) is 6.95. The van der Waals surface area contributed by atoms with Gasteiger partial charge in [-0.05, 0) is 48.4 Å². The Labute approximate surface area is 145 Å². The molecule has 0 spiro atoms. The van der Waals surface area contributed by atoms with Crippen molar-refractivity contribution in [1.82, 2.24) is 0 Å². The van der Waals surface area contributed by atoms with E-state index in [-0.39, 0.29) is 4.90 Å². The SMILES string of the molecule is CC(C)c1ccc(S(=O)(=O)Nc2sc3c(c2C(N)=O)CCC3)cc1. The molecule has 1 aromatic carbocycles. The van der Waals surface area contributed by atoms with E-state index in [1.165, 1.54) is 11.3 Å². The third kappa shape index (κ3) is 3.06. The van der Waals surface area contributed by atoms with Crippen LogP contribution in [-0.4, -0.2) is 14.3 Å². The molecule has 3 N–H and O–H groups in total. The highest BCUT2D eigenvalue weighted by Gasteiger charge is 2.27. The van der Waals surface area contributed by atoms with Crippen LogP contribution >= 0.6 is 11.3 Å². The molecule has 1 amide bonds. The smallest absolute Gasteiger partial charge is 0.262 e. The van der Waals surface area contributed by atoms with Gasteiger partial charge in [-0.2, -0.15) is 0 Å². The molecule has 0 fully saturated rings. The molecule has 1 aromatic heterocycles. The maximum absolute atomic E-state index is 12.6. The van der Waals surface area contributed by atoms with Gasteiger partial charge in [0.05, 0.1) is 10.5 Å². The van der Waals surface area contributed by atoms with Crippen molar-refractivity contribution < 1.29 is 13.2 Å². The summed E-state index contributed by atoms with van der Waals surface area (Å²) in [4.78, 5) is 13.0. The van der Waals surface area contributed by atoms with E-state index in [4.69, 9.17) is 5.73 Å². The minimum Gasteiger partial charge on any atom is -0.365 e. The van der Waals surface area contributed by atoms with E-state index >= 15 is 0 Å². The molecule has 0 saturated heterocycles. The fourth-order valence-electron chi connectivity index (χ4n) is 2.95. The molecule has 2 aromatic rings. The Morgan fingerprint density at radius 2 is 1.88 bits per heavy atom. The van der Waals surface area contributed by atoms with Crippen molar-refractivity contribution in [2.45, 2.75) is 43.9 Å². The summed E-state index contributed by atoms with van der Waals surface area (Å²) in [5.41, 5.74) is 7.78. The summed E-state index contributed by atoms with van der Waals surface area (Å²) < 4.78 is 27.8. The summed E-state index contributed by atoms with van der Waals surface area (Å²) in [6.45, 7) is 4.10. The molecule has 1 aliphatic carbocycles. The third-order valence-electron chi connectivity index (χ3n) is 4.25. The zero-order valence-electron chi connectivity index (χ0n) is 13.6. The van der Waals surface area contributed by atoms with E-state index in [0.717, 1.165) is 35.3 Å². The highest BCUT2D eigenvalue weighted by atomic mass is 32.2. The van der Waals surface area contributed by atoms with Gasteiger partial charge in [0.2, 0.25) is 0 Å². The highest BCUT2D eigenvalue weighted by molar-refractivity contribution is 7.93.